The molecular formula is C25H30O3. The van der Waals surface area contributed by atoms with Crippen molar-refractivity contribution in [2.75, 3.05) is 7.11 Å². The first kappa shape index (κ1) is 20.2. The summed E-state index contributed by atoms with van der Waals surface area (Å²) in [7, 11) is 1.25. The van der Waals surface area contributed by atoms with Gasteiger partial charge in [0.25, 0.3) is 0 Å². The van der Waals surface area contributed by atoms with Crippen molar-refractivity contribution in [2.45, 2.75) is 58.3 Å². The second-order valence-corrected chi connectivity index (χ2v) is 9.13. The number of fused-ring (bicyclic) bond motifs is 1. The quantitative estimate of drug-likeness (QED) is 0.400. The van der Waals surface area contributed by atoms with Gasteiger partial charge in [-0.05, 0) is 76.1 Å². The first-order valence-corrected chi connectivity index (χ1v) is 9.80. The number of ether oxygens (including phenoxy) is 1. The summed E-state index contributed by atoms with van der Waals surface area (Å²) >= 11 is 0. The molecule has 1 aliphatic rings. The van der Waals surface area contributed by atoms with Crippen molar-refractivity contribution in [3.8, 4) is 11.1 Å². The Kier molecular flexibility index (Phi) is 5.14. The molecule has 0 saturated heterocycles. The van der Waals surface area contributed by atoms with E-state index in [0.717, 1.165) is 11.1 Å². The lowest BCUT2D eigenvalue weighted by molar-refractivity contribution is -0.138. The fraction of sp³-hybridized carbons (Fsp3) is 0.400. The van der Waals surface area contributed by atoms with Crippen molar-refractivity contribution in [3.05, 3.63) is 64.4 Å². The van der Waals surface area contributed by atoms with Gasteiger partial charge >= 0.3 is 5.97 Å². The Morgan fingerprint density at radius 1 is 1.04 bits per heavy atom. The van der Waals surface area contributed by atoms with Gasteiger partial charge in [0.1, 0.15) is 0 Å². The van der Waals surface area contributed by atoms with E-state index in [1.54, 1.807) is 0 Å². The molecule has 0 spiro atoms. The molecule has 1 aliphatic carbocycles. The average molecular weight is 379 g/mol. The van der Waals surface area contributed by atoms with Crippen LogP contribution in [0.4, 0.5) is 0 Å². The fourth-order valence-corrected chi connectivity index (χ4v) is 4.15. The molecule has 148 valence electrons. The van der Waals surface area contributed by atoms with Gasteiger partial charge in [-0.2, -0.15) is 0 Å². The Morgan fingerprint density at radius 2 is 1.64 bits per heavy atom. The van der Waals surface area contributed by atoms with Gasteiger partial charge in [-0.1, -0.05) is 58.0 Å². The number of aliphatic hydroxyl groups is 1. The zero-order valence-electron chi connectivity index (χ0n) is 17.7. The number of methoxy groups -OCH3 is 1. The minimum Gasteiger partial charge on any atom is -0.502 e. The van der Waals surface area contributed by atoms with Gasteiger partial charge < -0.3 is 9.84 Å². The second kappa shape index (κ2) is 7.12. The first-order valence-electron chi connectivity index (χ1n) is 9.80. The minimum atomic E-state index is -0.737. The van der Waals surface area contributed by atoms with Gasteiger partial charge in [0.05, 0.1) is 7.11 Å². The van der Waals surface area contributed by atoms with Crippen LogP contribution in [0.15, 0.2) is 42.2 Å². The van der Waals surface area contributed by atoms with Crippen molar-refractivity contribution in [1.82, 2.24) is 0 Å². The molecule has 0 radical (unpaired) electrons. The number of hydrogen-bond donors (Lipinski definition) is 1. The SMILES string of the molecule is COC(=O)C(O)=Cc1cccc(-c2cc3c(cc2C)C(C)(C)CCC3(C)C)c1. The Bertz CT molecular complexity index is 948. The normalized spacial score (nSPS) is 17.7. The maximum absolute atomic E-state index is 11.5. The average Bonchev–Trinajstić information content (AvgIpc) is 2.64. The smallest absolute Gasteiger partial charge is 0.373 e. The molecule has 0 unspecified atom stereocenters. The minimum absolute atomic E-state index is 0.147. The summed E-state index contributed by atoms with van der Waals surface area (Å²) in [6.45, 7) is 11.5. The van der Waals surface area contributed by atoms with E-state index in [2.05, 4.69) is 57.6 Å². The topological polar surface area (TPSA) is 46.5 Å². The molecular weight excluding hydrogens is 348 g/mol. The molecule has 0 aliphatic heterocycles. The van der Waals surface area contributed by atoms with Gasteiger partial charge in [0.15, 0.2) is 0 Å². The van der Waals surface area contributed by atoms with E-state index < -0.39 is 11.7 Å². The maximum Gasteiger partial charge on any atom is 0.373 e. The summed E-state index contributed by atoms with van der Waals surface area (Å²) in [5, 5.41) is 9.86. The van der Waals surface area contributed by atoms with Gasteiger partial charge in [-0.15, -0.1) is 0 Å². The molecule has 2 aromatic rings. The van der Waals surface area contributed by atoms with Crippen molar-refractivity contribution >= 4 is 12.0 Å². The molecule has 28 heavy (non-hydrogen) atoms. The third-order valence-corrected chi connectivity index (χ3v) is 6.09. The molecule has 3 rings (SSSR count). The third-order valence-electron chi connectivity index (χ3n) is 6.09. The number of aryl methyl sites for hydroxylation is 1. The molecule has 2 aromatic carbocycles. The third kappa shape index (κ3) is 3.71. The van der Waals surface area contributed by atoms with Crippen molar-refractivity contribution in [3.63, 3.8) is 0 Å². The Morgan fingerprint density at radius 3 is 2.25 bits per heavy atom. The van der Waals surface area contributed by atoms with Crippen LogP contribution in [0.25, 0.3) is 17.2 Å². The molecule has 0 atom stereocenters. The van der Waals surface area contributed by atoms with Crippen LogP contribution in [0.1, 0.15) is 62.8 Å². The van der Waals surface area contributed by atoms with Gasteiger partial charge in [-0.3, -0.25) is 0 Å². The van der Waals surface area contributed by atoms with E-state index in [4.69, 9.17) is 0 Å². The number of benzene rings is 2. The number of rotatable bonds is 3. The number of carbonyl (C=O) groups excluding carboxylic acids is 1. The summed E-state index contributed by atoms with van der Waals surface area (Å²) in [4.78, 5) is 11.5. The Balaban J connectivity index is 2.11. The fourth-order valence-electron chi connectivity index (χ4n) is 4.15. The van der Waals surface area contributed by atoms with E-state index in [9.17, 15) is 9.90 Å². The van der Waals surface area contributed by atoms with Crippen LogP contribution in [0.3, 0.4) is 0 Å². The Hall–Kier alpha value is -2.55. The molecule has 0 aromatic heterocycles. The van der Waals surface area contributed by atoms with Crippen LogP contribution < -0.4 is 0 Å². The van der Waals surface area contributed by atoms with Crippen LogP contribution in [0.5, 0.6) is 0 Å². The molecule has 0 fully saturated rings. The highest BCUT2D eigenvalue weighted by Crippen LogP contribution is 2.47. The molecule has 3 heteroatoms. The zero-order chi connectivity index (χ0) is 20.7. The first-order chi connectivity index (χ1) is 13.0. The predicted molar refractivity (Wildman–Crippen MR) is 115 cm³/mol. The number of hydrogen-bond acceptors (Lipinski definition) is 3. The number of carbonyl (C=O) groups is 1. The summed E-state index contributed by atoms with van der Waals surface area (Å²) in [5.41, 5.74) is 7.47. The molecule has 0 amide bonds. The molecule has 1 N–H and O–H groups in total. The van der Waals surface area contributed by atoms with E-state index in [0.29, 0.717) is 0 Å². The van der Waals surface area contributed by atoms with Crippen LogP contribution in [-0.2, 0) is 20.4 Å². The highest BCUT2D eigenvalue weighted by atomic mass is 16.5. The van der Waals surface area contributed by atoms with E-state index in [1.165, 1.54) is 48.3 Å². The summed E-state index contributed by atoms with van der Waals surface area (Å²) < 4.78 is 4.57. The maximum atomic E-state index is 11.5. The lowest BCUT2D eigenvalue weighted by atomic mass is 9.62. The van der Waals surface area contributed by atoms with E-state index >= 15 is 0 Å². The zero-order valence-corrected chi connectivity index (χ0v) is 17.7. The second-order valence-electron chi connectivity index (χ2n) is 9.13. The summed E-state index contributed by atoms with van der Waals surface area (Å²) in [6, 6.07) is 12.6. The largest absolute Gasteiger partial charge is 0.502 e. The highest BCUT2D eigenvalue weighted by Gasteiger charge is 2.37. The van der Waals surface area contributed by atoms with E-state index in [-0.39, 0.29) is 10.8 Å². The summed E-state index contributed by atoms with van der Waals surface area (Å²) in [5.74, 6) is -1.14. The lowest BCUT2D eigenvalue weighted by Crippen LogP contribution is -2.34. The monoisotopic (exact) mass is 378 g/mol. The van der Waals surface area contributed by atoms with Crippen LogP contribution in [-0.4, -0.2) is 18.2 Å². The van der Waals surface area contributed by atoms with Gasteiger partial charge in [0.2, 0.25) is 5.76 Å². The number of aliphatic hydroxyl groups excluding tert-OH is 1. The molecule has 0 saturated carbocycles. The molecule has 0 heterocycles. The Labute approximate surface area is 168 Å². The van der Waals surface area contributed by atoms with Crippen LogP contribution in [0.2, 0.25) is 0 Å². The predicted octanol–water partition coefficient (Wildman–Crippen LogP) is 6.08. The van der Waals surface area contributed by atoms with Crippen LogP contribution >= 0.6 is 0 Å². The van der Waals surface area contributed by atoms with Crippen molar-refractivity contribution in [1.29, 1.82) is 0 Å². The lowest BCUT2D eigenvalue weighted by Gasteiger charge is -2.42. The van der Waals surface area contributed by atoms with Crippen LogP contribution in [0, 0.1) is 6.92 Å². The van der Waals surface area contributed by atoms with E-state index in [1.807, 2.05) is 18.2 Å². The van der Waals surface area contributed by atoms with Gasteiger partial charge in [0, 0.05) is 0 Å². The van der Waals surface area contributed by atoms with Crippen molar-refractivity contribution < 1.29 is 14.6 Å². The standard InChI is InChI=1S/C25H30O3/c1-16-12-20-21(25(4,5)11-10-24(20,2)3)15-19(16)18-9-7-8-17(13-18)14-22(26)23(27)28-6/h7-9,12-15,26H,10-11H2,1-6H3. The summed E-state index contributed by atoms with van der Waals surface area (Å²) in [6.07, 6.45) is 3.81. The number of esters is 1. The van der Waals surface area contributed by atoms with Gasteiger partial charge in [-0.25, -0.2) is 4.79 Å². The molecule has 0 bridgehead atoms. The highest BCUT2D eigenvalue weighted by molar-refractivity contribution is 5.91. The van der Waals surface area contributed by atoms with Crippen molar-refractivity contribution in [2.24, 2.45) is 0 Å². The molecule has 3 nitrogen and oxygen atoms in total.